The molecular formula is C22H24BrCl2N3O3. The van der Waals surface area contributed by atoms with Gasteiger partial charge >= 0.3 is 0 Å². The summed E-state index contributed by atoms with van der Waals surface area (Å²) in [5.41, 5.74) is 3.32. The number of hydrazone groups is 1. The summed E-state index contributed by atoms with van der Waals surface area (Å²) in [7, 11) is 0. The predicted octanol–water partition coefficient (Wildman–Crippen LogP) is 5.20. The van der Waals surface area contributed by atoms with Gasteiger partial charge in [0.2, 0.25) is 0 Å². The number of benzene rings is 2. The highest BCUT2D eigenvalue weighted by molar-refractivity contribution is 9.10. The average Bonchev–Trinajstić information content (AvgIpc) is 2.70. The van der Waals surface area contributed by atoms with Gasteiger partial charge in [-0.25, -0.2) is 5.43 Å². The zero-order chi connectivity index (χ0) is 23.0. The summed E-state index contributed by atoms with van der Waals surface area (Å²) in [5.74, 6) is -0.345. The van der Waals surface area contributed by atoms with Crippen molar-refractivity contribution in [2.24, 2.45) is 11.0 Å². The fourth-order valence-electron chi connectivity index (χ4n) is 2.60. The number of ether oxygens (including phenoxy) is 1. The minimum absolute atomic E-state index is 0.174. The molecule has 0 fully saturated rings. The Kier molecular flexibility index (Phi) is 9.81. The number of hydrogen-bond acceptors (Lipinski definition) is 4. The number of carbonyl (C=O) groups excluding carboxylic acids is 2. The molecule has 0 bridgehead atoms. The Labute approximate surface area is 200 Å². The van der Waals surface area contributed by atoms with Gasteiger partial charge in [-0.1, -0.05) is 65.1 Å². The Hall–Kier alpha value is -2.09. The van der Waals surface area contributed by atoms with Gasteiger partial charge in [-0.15, -0.1) is 0 Å². The molecule has 0 unspecified atom stereocenters. The predicted molar refractivity (Wildman–Crippen MR) is 128 cm³/mol. The normalized spacial score (nSPS) is 13.1. The maximum atomic E-state index is 12.6. The minimum atomic E-state index is -0.868. The summed E-state index contributed by atoms with van der Waals surface area (Å²) >= 11 is 15.3. The van der Waals surface area contributed by atoms with E-state index in [1.54, 1.807) is 19.1 Å². The van der Waals surface area contributed by atoms with Gasteiger partial charge in [-0.3, -0.25) is 9.59 Å². The van der Waals surface area contributed by atoms with E-state index in [1.807, 2.05) is 38.1 Å². The van der Waals surface area contributed by atoms with Crippen LogP contribution in [0.3, 0.4) is 0 Å². The minimum Gasteiger partial charge on any atom is -0.479 e. The number of nitrogens with zero attached hydrogens (tertiary/aromatic N) is 1. The molecule has 2 rings (SSSR count). The van der Waals surface area contributed by atoms with Gasteiger partial charge < -0.3 is 10.1 Å². The molecule has 0 heterocycles. The quantitative estimate of drug-likeness (QED) is 0.346. The molecule has 2 aromatic carbocycles. The van der Waals surface area contributed by atoms with Gasteiger partial charge in [-0.2, -0.15) is 5.10 Å². The van der Waals surface area contributed by atoms with E-state index < -0.39 is 24.0 Å². The van der Waals surface area contributed by atoms with Crippen molar-refractivity contribution in [2.45, 2.75) is 39.3 Å². The molecule has 0 aliphatic carbocycles. The van der Waals surface area contributed by atoms with Crippen LogP contribution in [0.5, 0.6) is 5.75 Å². The lowest BCUT2D eigenvalue weighted by molar-refractivity contribution is -0.132. The van der Waals surface area contributed by atoms with Crippen molar-refractivity contribution in [3.63, 3.8) is 0 Å². The van der Waals surface area contributed by atoms with Crippen molar-refractivity contribution in [1.29, 1.82) is 0 Å². The first-order valence-corrected chi connectivity index (χ1v) is 11.2. The summed E-state index contributed by atoms with van der Waals surface area (Å²) in [6, 6.07) is 11.4. The molecule has 2 N–H and O–H groups in total. The smallest absolute Gasteiger partial charge is 0.262 e. The first kappa shape index (κ1) is 25.2. The van der Waals surface area contributed by atoms with E-state index in [0.29, 0.717) is 22.2 Å². The second-order valence-electron chi connectivity index (χ2n) is 7.31. The molecule has 2 amide bonds. The Balaban J connectivity index is 1.99. The van der Waals surface area contributed by atoms with Gasteiger partial charge in [-0.05, 0) is 55.2 Å². The molecule has 0 aliphatic heterocycles. The van der Waals surface area contributed by atoms with Crippen molar-refractivity contribution in [1.82, 2.24) is 10.7 Å². The SMILES string of the molecule is CC(C)C[C@@H](NC(=O)[C@H](C)Oc1ccc(Cl)cc1Cl)C(=O)N/N=C\c1ccc(Br)cc1. The topological polar surface area (TPSA) is 79.8 Å². The molecule has 31 heavy (non-hydrogen) atoms. The van der Waals surface area contributed by atoms with Crippen molar-refractivity contribution in [3.8, 4) is 5.75 Å². The van der Waals surface area contributed by atoms with Crippen molar-refractivity contribution in [3.05, 3.63) is 62.5 Å². The van der Waals surface area contributed by atoms with E-state index in [1.165, 1.54) is 12.3 Å². The van der Waals surface area contributed by atoms with E-state index in [2.05, 4.69) is 31.8 Å². The number of carbonyl (C=O) groups is 2. The molecule has 0 saturated carbocycles. The lowest BCUT2D eigenvalue weighted by Gasteiger charge is -2.22. The van der Waals surface area contributed by atoms with Crippen molar-refractivity contribution >= 4 is 57.2 Å². The molecule has 0 aliphatic rings. The van der Waals surface area contributed by atoms with Gasteiger partial charge in [0, 0.05) is 9.50 Å². The molecule has 0 aromatic heterocycles. The summed E-state index contributed by atoms with van der Waals surface area (Å²) < 4.78 is 6.58. The third-order valence-electron chi connectivity index (χ3n) is 4.17. The molecule has 6 nitrogen and oxygen atoms in total. The number of halogens is 3. The van der Waals surface area contributed by atoms with Crippen molar-refractivity contribution in [2.75, 3.05) is 0 Å². The van der Waals surface area contributed by atoms with Crippen LogP contribution in [0.1, 0.15) is 32.8 Å². The number of hydrogen-bond donors (Lipinski definition) is 2. The first-order chi connectivity index (χ1) is 14.7. The van der Waals surface area contributed by atoms with Crippen LogP contribution in [0.15, 0.2) is 52.0 Å². The van der Waals surface area contributed by atoms with Gasteiger partial charge in [0.1, 0.15) is 11.8 Å². The molecule has 2 aromatic rings. The second kappa shape index (κ2) is 12.1. The fraction of sp³-hybridized carbons (Fsp3) is 0.318. The maximum absolute atomic E-state index is 12.6. The molecule has 2 atom stereocenters. The van der Waals surface area contributed by atoms with Crippen molar-refractivity contribution < 1.29 is 14.3 Å². The van der Waals surface area contributed by atoms with Gasteiger partial charge in [0.15, 0.2) is 6.10 Å². The van der Waals surface area contributed by atoms with Gasteiger partial charge in [0.05, 0.1) is 11.2 Å². The highest BCUT2D eigenvalue weighted by Gasteiger charge is 2.25. The zero-order valence-electron chi connectivity index (χ0n) is 17.4. The molecule has 0 saturated heterocycles. The standard InChI is InChI=1S/C22H24BrCl2N3O3/c1-13(2)10-19(22(30)28-26-12-15-4-6-16(23)7-5-15)27-21(29)14(3)31-20-9-8-17(24)11-18(20)25/h4-9,11-14,19H,10H2,1-3H3,(H,27,29)(H,28,30)/b26-12-/t14-,19+/m0/s1. The van der Waals surface area contributed by atoms with E-state index >= 15 is 0 Å². The van der Waals surface area contributed by atoms with E-state index in [0.717, 1.165) is 10.0 Å². The Bertz CT molecular complexity index is 936. The summed E-state index contributed by atoms with van der Waals surface area (Å²) in [5, 5.41) is 7.48. The van der Waals surface area contributed by atoms with Crippen LogP contribution in [-0.2, 0) is 9.59 Å². The summed E-state index contributed by atoms with van der Waals surface area (Å²) in [4.78, 5) is 25.2. The van der Waals surface area contributed by atoms with E-state index in [4.69, 9.17) is 27.9 Å². The zero-order valence-corrected chi connectivity index (χ0v) is 20.5. The monoisotopic (exact) mass is 527 g/mol. The lowest BCUT2D eigenvalue weighted by atomic mass is 10.0. The highest BCUT2D eigenvalue weighted by atomic mass is 79.9. The molecule has 0 spiro atoms. The third-order valence-corrected chi connectivity index (χ3v) is 5.22. The number of nitrogens with one attached hydrogen (secondary N) is 2. The number of amides is 2. The van der Waals surface area contributed by atoms with Gasteiger partial charge in [0.25, 0.3) is 11.8 Å². The Morgan fingerprint density at radius 3 is 2.39 bits per heavy atom. The largest absolute Gasteiger partial charge is 0.479 e. The lowest BCUT2D eigenvalue weighted by Crippen LogP contribution is -2.49. The van der Waals surface area contributed by atoms with Crippen LogP contribution in [0.4, 0.5) is 0 Å². The molecule has 166 valence electrons. The van der Waals surface area contributed by atoms with E-state index in [-0.39, 0.29) is 5.92 Å². The first-order valence-electron chi connectivity index (χ1n) is 9.66. The van der Waals surface area contributed by atoms with Crippen LogP contribution in [0.25, 0.3) is 0 Å². The fourth-order valence-corrected chi connectivity index (χ4v) is 3.32. The van der Waals surface area contributed by atoms with E-state index in [9.17, 15) is 9.59 Å². The molecule has 9 heteroatoms. The second-order valence-corrected chi connectivity index (χ2v) is 9.07. The van der Waals surface area contributed by atoms with Crippen LogP contribution >= 0.6 is 39.1 Å². The van der Waals surface area contributed by atoms with Crippen LogP contribution in [0, 0.1) is 5.92 Å². The highest BCUT2D eigenvalue weighted by Crippen LogP contribution is 2.28. The van der Waals surface area contributed by atoms with Crippen LogP contribution in [-0.4, -0.2) is 30.2 Å². The van der Waals surface area contributed by atoms with Crippen LogP contribution in [0.2, 0.25) is 10.0 Å². The summed E-state index contributed by atoms with van der Waals surface area (Å²) in [6.07, 6.45) is 1.11. The van der Waals surface area contributed by atoms with Crippen LogP contribution < -0.4 is 15.5 Å². The average molecular weight is 529 g/mol. The summed E-state index contributed by atoms with van der Waals surface area (Å²) in [6.45, 7) is 5.51. The maximum Gasteiger partial charge on any atom is 0.262 e. The molecule has 0 radical (unpaired) electrons. The Morgan fingerprint density at radius 1 is 1.10 bits per heavy atom. The molecular weight excluding hydrogens is 505 g/mol. The third kappa shape index (κ3) is 8.51. The number of rotatable bonds is 9. The Morgan fingerprint density at radius 2 is 1.77 bits per heavy atom.